The highest BCUT2D eigenvalue weighted by Crippen LogP contribution is 2.16. The lowest BCUT2D eigenvalue weighted by molar-refractivity contribution is -0.114. The Kier molecular flexibility index (Phi) is 5.84. The van der Waals surface area contributed by atoms with Gasteiger partial charge in [-0.05, 0) is 54.6 Å². The Morgan fingerprint density at radius 2 is 1.32 bits per heavy atom. The molecule has 1 aliphatic heterocycles. The first kappa shape index (κ1) is 20.4. The van der Waals surface area contributed by atoms with Gasteiger partial charge in [0.05, 0.1) is 0 Å². The molecule has 1 aromatic heterocycles. The van der Waals surface area contributed by atoms with Crippen LogP contribution in [0, 0.1) is 0 Å². The number of amides is 3. The lowest BCUT2D eigenvalue weighted by Crippen LogP contribution is -2.50. The van der Waals surface area contributed by atoms with Gasteiger partial charge in [0, 0.05) is 68.0 Å². The molecule has 2 heterocycles. The van der Waals surface area contributed by atoms with Gasteiger partial charge in [-0.1, -0.05) is 6.07 Å². The summed E-state index contributed by atoms with van der Waals surface area (Å²) < 4.78 is 1.99. The summed E-state index contributed by atoms with van der Waals surface area (Å²) in [5.74, 6) is -0.313. The van der Waals surface area contributed by atoms with Gasteiger partial charge in [0.15, 0.2) is 0 Å². The van der Waals surface area contributed by atoms with Gasteiger partial charge in [-0.25, -0.2) is 0 Å². The minimum atomic E-state index is -0.182. The predicted molar refractivity (Wildman–Crippen MR) is 118 cm³/mol. The highest BCUT2D eigenvalue weighted by molar-refractivity contribution is 5.97. The van der Waals surface area contributed by atoms with Crippen molar-refractivity contribution >= 4 is 23.4 Å². The molecule has 1 fully saturated rings. The summed E-state index contributed by atoms with van der Waals surface area (Å²) in [5, 5.41) is 2.69. The molecule has 0 radical (unpaired) electrons. The van der Waals surface area contributed by atoms with Crippen LogP contribution in [-0.2, 0) is 4.79 Å². The molecule has 3 aromatic rings. The normalized spacial score (nSPS) is 13.7. The molecule has 1 saturated heterocycles. The van der Waals surface area contributed by atoms with Crippen LogP contribution in [-0.4, -0.2) is 58.3 Å². The van der Waals surface area contributed by atoms with Crippen molar-refractivity contribution in [2.24, 2.45) is 0 Å². The van der Waals surface area contributed by atoms with E-state index in [1.807, 2.05) is 53.4 Å². The van der Waals surface area contributed by atoms with Gasteiger partial charge in [-0.2, -0.15) is 0 Å². The Hall–Kier alpha value is -3.87. The Balaban J connectivity index is 1.36. The van der Waals surface area contributed by atoms with Crippen molar-refractivity contribution in [3.05, 3.63) is 84.2 Å². The number of piperazine rings is 1. The standard InChI is InChI=1S/C24H24N4O3/c1-18(29)25-21-6-4-5-20(17-21)24(31)28-15-13-27(14-16-28)23(30)19-7-9-22(10-8-19)26-11-2-3-12-26/h2-12,17H,13-16H2,1H3,(H,25,29). The predicted octanol–water partition coefficient (Wildman–Crippen LogP) is 3.03. The molecule has 4 rings (SSSR count). The topological polar surface area (TPSA) is 74.7 Å². The van der Waals surface area contributed by atoms with E-state index in [1.165, 1.54) is 6.92 Å². The number of hydrogen-bond acceptors (Lipinski definition) is 3. The number of benzene rings is 2. The lowest BCUT2D eigenvalue weighted by atomic mass is 10.1. The third kappa shape index (κ3) is 4.66. The van der Waals surface area contributed by atoms with Crippen LogP contribution in [0.4, 0.5) is 5.69 Å². The van der Waals surface area contributed by atoms with Gasteiger partial charge in [0.25, 0.3) is 11.8 Å². The first-order valence-corrected chi connectivity index (χ1v) is 10.2. The maximum absolute atomic E-state index is 12.9. The van der Waals surface area contributed by atoms with Crippen LogP contribution in [0.15, 0.2) is 73.1 Å². The Bertz CT molecular complexity index is 1080. The smallest absolute Gasteiger partial charge is 0.254 e. The molecule has 0 spiro atoms. The van der Waals surface area contributed by atoms with E-state index in [0.29, 0.717) is 43.0 Å². The number of aromatic nitrogens is 1. The van der Waals surface area contributed by atoms with Gasteiger partial charge < -0.3 is 19.7 Å². The maximum atomic E-state index is 12.9. The van der Waals surface area contributed by atoms with E-state index in [-0.39, 0.29) is 17.7 Å². The van der Waals surface area contributed by atoms with Gasteiger partial charge in [0.2, 0.25) is 5.91 Å². The summed E-state index contributed by atoms with van der Waals surface area (Å²) in [4.78, 5) is 40.5. The summed E-state index contributed by atoms with van der Waals surface area (Å²) >= 11 is 0. The van der Waals surface area contributed by atoms with Crippen LogP contribution >= 0.6 is 0 Å². The molecule has 0 saturated carbocycles. The van der Waals surface area contributed by atoms with E-state index in [0.717, 1.165) is 5.69 Å². The molecule has 158 valence electrons. The molecule has 7 heteroatoms. The molecular weight excluding hydrogens is 392 g/mol. The number of anilines is 1. The zero-order valence-electron chi connectivity index (χ0n) is 17.3. The van der Waals surface area contributed by atoms with Gasteiger partial charge >= 0.3 is 0 Å². The van der Waals surface area contributed by atoms with Crippen molar-refractivity contribution < 1.29 is 14.4 Å². The molecule has 1 aliphatic rings. The van der Waals surface area contributed by atoms with Crippen molar-refractivity contribution in [3.8, 4) is 5.69 Å². The minimum absolute atomic E-state index is 0.0289. The molecule has 0 aliphatic carbocycles. The number of hydrogen-bond donors (Lipinski definition) is 1. The first-order valence-electron chi connectivity index (χ1n) is 10.2. The molecule has 0 bridgehead atoms. The fraction of sp³-hybridized carbons (Fsp3) is 0.208. The van der Waals surface area contributed by atoms with Crippen LogP contribution in [0.2, 0.25) is 0 Å². The van der Waals surface area contributed by atoms with Gasteiger partial charge in [-0.15, -0.1) is 0 Å². The molecule has 0 unspecified atom stereocenters. The zero-order valence-corrected chi connectivity index (χ0v) is 17.3. The average molecular weight is 416 g/mol. The molecule has 0 atom stereocenters. The van der Waals surface area contributed by atoms with E-state index in [4.69, 9.17) is 0 Å². The number of rotatable bonds is 4. The third-order valence-corrected chi connectivity index (χ3v) is 5.30. The molecule has 3 amide bonds. The number of nitrogens with one attached hydrogen (secondary N) is 1. The second-order valence-electron chi connectivity index (χ2n) is 7.48. The summed E-state index contributed by atoms with van der Waals surface area (Å²) in [6.45, 7) is 3.33. The van der Waals surface area contributed by atoms with Crippen molar-refractivity contribution in [1.29, 1.82) is 0 Å². The van der Waals surface area contributed by atoms with Gasteiger partial charge in [-0.3, -0.25) is 14.4 Å². The van der Waals surface area contributed by atoms with E-state index < -0.39 is 0 Å². The first-order chi connectivity index (χ1) is 15.0. The van der Waals surface area contributed by atoms with Crippen LogP contribution in [0.25, 0.3) is 5.69 Å². The summed E-state index contributed by atoms with van der Waals surface area (Å²) in [6, 6.07) is 18.3. The van der Waals surface area contributed by atoms with E-state index >= 15 is 0 Å². The fourth-order valence-corrected chi connectivity index (χ4v) is 3.69. The highest BCUT2D eigenvalue weighted by atomic mass is 16.2. The quantitative estimate of drug-likeness (QED) is 0.710. The van der Waals surface area contributed by atoms with Crippen molar-refractivity contribution in [2.75, 3.05) is 31.5 Å². The monoisotopic (exact) mass is 416 g/mol. The summed E-state index contributed by atoms with van der Waals surface area (Å²) in [5.41, 5.74) is 2.75. The molecule has 1 N–H and O–H groups in total. The van der Waals surface area contributed by atoms with Crippen LogP contribution in [0.3, 0.4) is 0 Å². The number of nitrogens with zero attached hydrogens (tertiary/aromatic N) is 3. The van der Waals surface area contributed by atoms with Crippen LogP contribution in [0.5, 0.6) is 0 Å². The molecule has 31 heavy (non-hydrogen) atoms. The number of carbonyl (C=O) groups excluding carboxylic acids is 3. The zero-order chi connectivity index (χ0) is 21.8. The lowest BCUT2D eigenvalue weighted by Gasteiger charge is -2.35. The Labute approximate surface area is 180 Å². The van der Waals surface area contributed by atoms with Crippen molar-refractivity contribution in [2.45, 2.75) is 6.92 Å². The Morgan fingerprint density at radius 3 is 1.90 bits per heavy atom. The van der Waals surface area contributed by atoms with E-state index in [1.54, 1.807) is 34.1 Å². The second kappa shape index (κ2) is 8.87. The van der Waals surface area contributed by atoms with E-state index in [2.05, 4.69) is 5.32 Å². The summed E-state index contributed by atoms with van der Waals surface area (Å²) in [6.07, 6.45) is 3.91. The SMILES string of the molecule is CC(=O)Nc1cccc(C(=O)N2CCN(C(=O)c3ccc(-n4cccc4)cc3)CC2)c1. The van der Waals surface area contributed by atoms with Crippen LogP contribution < -0.4 is 5.32 Å². The molecule has 2 aromatic carbocycles. The molecular formula is C24H24N4O3. The van der Waals surface area contributed by atoms with Gasteiger partial charge in [0.1, 0.15) is 0 Å². The largest absolute Gasteiger partial charge is 0.335 e. The average Bonchev–Trinajstić information content (AvgIpc) is 3.33. The van der Waals surface area contributed by atoms with Crippen molar-refractivity contribution in [3.63, 3.8) is 0 Å². The number of carbonyl (C=O) groups is 3. The fourth-order valence-electron chi connectivity index (χ4n) is 3.69. The second-order valence-corrected chi connectivity index (χ2v) is 7.48. The molecule has 7 nitrogen and oxygen atoms in total. The highest BCUT2D eigenvalue weighted by Gasteiger charge is 2.25. The Morgan fingerprint density at radius 1 is 0.742 bits per heavy atom. The van der Waals surface area contributed by atoms with Crippen LogP contribution in [0.1, 0.15) is 27.6 Å². The maximum Gasteiger partial charge on any atom is 0.254 e. The third-order valence-electron chi connectivity index (χ3n) is 5.30. The minimum Gasteiger partial charge on any atom is -0.335 e. The summed E-state index contributed by atoms with van der Waals surface area (Å²) in [7, 11) is 0. The van der Waals surface area contributed by atoms with Crippen molar-refractivity contribution in [1.82, 2.24) is 14.4 Å². The van der Waals surface area contributed by atoms with E-state index in [9.17, 15) is 14.4 Å².